The van der Waals surface area contributed by atoms with Crippen molar-refractivity contribution in [1.29, 1.82) is 0 Å². The number of rotatable bonds is 1. The highest BCUT2D eigenvalue weighted by Gasteiger charge is 2.06. The third-order valence-corrected chi connectivity index (χ3v) is 1.08. The van der Waals surface area contributed by atoms with Crippen molar-refractivity contribution in [2.75, 3.05) is 0 Å². The Morgan fingerprint density at radius 3 is 2.67 bits per heavy atom. The van der Waals surface area contributed by atoms with E-state index in [-0.39, 0.29) is 5.78 Å². The van der Waals surface area contributed by atoms with Crippen LogP contribution in [0.5, 0.6) is 0 Å². The molecule has 0 radical (unpaired) electrons. The summed E-state index contributed by atoms with van der Waals surface area (Å²) in [5.74, 6) is -0.0544. The first kappa shape index (κ1) is 6.01. The van der Waals surface area contributed by atoms with Crippen LogP contribution in [-0.2, 0) is 0 Å². The second-order valence-corrected chi connectivity index (χ2v) is 1.90. The van der Waals surface area contributed by atoms with Crippen molar-refractivity contribution in [3.05, 3.63) is 17.5 Å². The largest absolute Gasteiger partial charge is 0.364 e. The van der Waals surface area contributed by atoms with Crippen LogP contribution in [0.2, 0.25) is 0 Å². The summed E-state index contributed by atoms with van der Waals surface area (Å²) in [6, 6.07) is 0. The van der Waals surface area contributed by atoms with Gasteiger partial charge in [-0.2, -0.15) is 0 Å². The minimum absolute atomic E-state index is 0.0544. The van der Waals surface area contributed by atoms with E-state index < -0.39 is 0 Å². The lowest BCUT2D eigenvalue weighted by Gasteiger charge is -1.83. The van der Waals surface area contributed by atoms with Crippen molar-refractivity contribution in [1.82, 2.24) is 5.16 Å². The maximum atomic E-state index is 10.6. The fourth-order valence-electron chi connectivity index (χ4n) is 0.628. The molecule has 0 saturated carbocycles. The Morgan fingerprint density at radius 2 is 2.44 bits per heavy atom. The van der Waals surface area contributed by atoms with Gasteiger partial charge in [-0.3, -0.25) is 4.79 Å². The molecule has 1 rings (SSSR count). The fourth-order valence-corrected chi connectivity index (χ4v) is 0.628. The third kappa shape index (κ3) is 0.988. The van der Waals surface area contributed by atoms with Gasteiger partial charge >= 0.3 is 0 Å². The van der Waals surface area contributed by atoms with E-state index in [4.69, 9.17) is 0 Å². The number of hydrogen-bond donors (Lipinski definition) is 0. The van der Waals surface area contributed by atoms with Crippen molar-refractivity contribution >= 4 is 5.78 Å². The number of Topliss-reactive ketones (excluding diaryl/α,β-unsaturated/α-hetero) is 1. The summed E-state index contributed by atoms with van der Waals surface area (Å²) in [4.78, 5) is 10.6. The molecule has 1 heterocycles. The average molecular weight is 125 g/mol. The van der Waals surface area contributed by atoms with E-state index in [1.807, 2.05) is 0 Å². The fraction of sp³-hybridized carbons (Fsp3) is 0.333. The highest BCUT2D eigenvalue weighted by molar-refractivity contribution is 5.93. The van der Waals surface area contributed by atoms with Crippen LogP contribution in [0.3, 0.4) is 0 Å². The van der Waals surface area contributed by atoms with Crippen LogP contribution in [0.4, 0.5) is 0 Å². The second kappa shape index (κ2) is 2.01. The average Bonchev–Trinajstić information content (AvgIpc) is 2.13. The molecule has 48 valence electrons. The van der Waals surface area contributed by atoms with Crippen LogP contribution in [0, 0.1) is 6.92 Å². The number of aromatic nitrogens is 1. The zero-order valence-electron chi connectivity index (χ0n) is 5.34. The highest BCUT2D eigenvalue weighted by Crippen LogP contribution is 2.03. The van der Waals surface area contributed by atoms with Crippen molar-refractivity contribution < 1.29 is 9.32 Å². The maximum absolute atomic E-state index is 10.6. The molecule has 9 heavy (non-hydrogen) atoms. The Bertz CT molecular complexity index is 227. The number of aryl methyl sites for hydroxylation is 1. The summed E-state index contributed by atoms with van der Waals surface area (Å²) in [6.45, 7) is 3.25. The Balaban J connectivity index is 3.08. The molecule has 0 aliphatic carbocycles. The van der Waals surface area contributed by atoms with Crippen LogP contribution in [0.25, 0.3) is 0 Å². The zero-order chi connectivity index (χ0) is 6.85. The van der Waals surface area contributed by atoms with Gasteiger partial charge in [-0.05, 0) is 6.92 Å². The molecule has 3 nitrogen and oxygen atoms in total. The molecule has 0 unspecified atom stereocenters. The van der Waals surface area contributed by atoms with Crippen molar-refractivity contribution in [2.45, 2.75) is 13.8 Å². The lowest BCUT2D eigenvalue weighted by atomic mass is 10.2. The Labute approximate surface area is 52.7 Å². The van der Waals surface area contributed by atoms with Gasteiger partial charge in [-0.1, -0.05) is 5.16 Å². The molecule has 0 saturated heterocycles. The van der Waals surface area contributed by atoms with Crippen LogP contribution in [0.15, 0.2) is 10.8 Å². The SMILES string of the molecule is CC(=O)c1nocc1C. The van der Waals surface area contributed by atoms with E-state index in [0.717, 1.165) is 5.56 Å². The standard InChI is InChI=1S/C6H7NO2/c1-4-3-9-7-6(4)5(2)8/h3H,1-2H3. The van der Waals surface area contributed by atoms with Gasteiger partial charge in [-0.25, -0.2) is 0 Å². The Morgan fingerprint density at radius 1 is 1.78 bits per heavy atom. The number of nitrogens with zero attached hydrogens (tertiary/aromatic N) is 1. The van der Waals surface area contributed by atoms with Gasteiger partial charge in [0.15, 0.2) is 11.5 Å². The molecule has 1 aromatic heterocycles. The van der Waals surface area contributed by atoms with E-state index in [1.54, 1.807) is 6.92 Å². The van der Waals surface area contributed by atoms with Gasteiger partial charge in [0, 0.05) is 12.5 Å². The van der Waals surface area contributed by atoms with Crippen molar-refractivity contribution in [2.24, 2.45) is 0 Å². The van der Waals surface area contributed by atoms with E-state index in [0.29, 0.717) is 5.69 Å². The van der Waals surface area contributed by atoms with Crippen LogP contribution in [0.1, 0.15) is 23.0 Å². The van der Waals surface area contributed by atoms with Gasteiger partial charge < -0.3 is 4.52 Å². The molecule has 0 atom stereocenters. The topological polar surface area (TPSA) is 43.1 Å². The molecule has 0 N–H and O–H groups in total. The molecular weight excluding hydrogens is 118 g/mol. The van der Waals surface area contributed by atoms with Gasteiger partial charge in [-0.15, -0.1) is 0 Å². The molecule has 0 aliphatic rings. The Kier molecular flexibility index (Phi) is 1.34. The molecule has 0 spiro atoms. The molecule has 0 aliphatic heterocycles. The quantitative estimate of drug-likeness (QED) is 0.529. The third-order valence-electron chi connectivity index (χ3n) is 1.08. The van der Waals surface area contributed by atoms with Crippen molar-refractivity contribution in [3.63, 3.8) is 0 Å². The van der Waals surface area contributed by atoms with E-state index in [9.17, 15) is 4.79 Å². The summed E-state index contributed by atoms with van der Waals surface area (Å²) in [6.07, 6.45) is 1.46. The maximum Gasteiger partial charge on any atom is 0.181 e. The molecular formula is C6H7NO2. The predicted octanol–water partition coefficient (Wildman–Crippen LogP) is 1.19. The first-order valence-corrected chi connectivity index (χ1v) is 2.63. The summed E-state index contributed by atoms with van der Waals surface area (Å²) in [5, 5.41) is 3.49. The smallest absolute Gasteiger partial charge is 0.181 e. The predicted molar refractivity (Wildman–Crippen MR) is 31.2 cm³/mol. The number of hydrogen-bond acceptors (Lipinski definition) is 3. The molecule has 0 aromatic carbocycles. The minimum Gasteiger partial charge on any atom is -0.364 e. The molecule has 0 amide bonds. The van der Waals surface area contributed by atoms with E-state index in [2.05, 4.69) is 9.68 Å². The van der Waals surface area contributed by atoms with Gasteiger partial charge in [0.25, 0.3) is 0 Å². The summed E-state index contributed by atoms with van der Waals surface area (Å²) in [7, 11) is 0. The normalized spacial score (nSPS) is 9.56. The summed E-state index contributed by atoms with van der Waals surface area (Å²) in [5.41, 5.74) is 1.22. The lowest BCUT2D eigenvalue weighted by Crippen LogP contribution is -1.93. The van der Waals surface area contributed by atoms with Gasteiger partial charge in [0.2, 0.25) is 0 Å². The number of carbonyl (C=O) groups excluding carboxylic acids is 1. The minimum atomic E-state index is -0.0544. The number of ketones is 1. The van der Waals surface area contributed by atoms with Gasteiger partial charge in [0.05, 0.1) is 0 Å². The van der Waals surface area contributed by atoms with E-state index in [1.165, 1.54) is 13.2 Å². The molecule has 1 aromatic rings. The zero-order valence-corrected chi connectivity index (χ0v) is 5.34. The highest BCUT2D eigenvalue weighted by atomic mass is 16.5. The van der Waals surface area contributed by atoms with E-state index >= 15 is 0 Å². The molecule has 3 heteroatoms. The lowest BCUT2D eigenvalue weighted by molar-refractivity contribution is 0.100. The number of carbonyl (C=O) groups is 1. The monoisotopic (exact) mass is 125 g/mol. The molecule has 0 bridgehead atoms. The molecule has 0 fully saturated rings. The van der Waals surface area contributed by atoms with Gasteiger partial charge in [0.1, 0.15) is 6.26 Å². The first-order valence-electron chi connectivity index (χ1n) is 2.63. The first-order chi connectivity index (χ1) is 4.22. The summed E-state index contributed by atoms with van der Waals surface area (Å²) >= 11 is 0. The van der Waals surface area contributed by atoms with Crippen LogP contribution >= 0.6 is 0 Å². The van der Waals surface area contributed by atoms with Crippen LogP contribution < -0.4 is 0 Å². The van der Waals surface area contributed by atoms with Crippen molar-refractivity contribution in [3.8, 4) is 0 Å². The Hall–Kier alpha value is -1.12. The second-order valence-electron chi connectivity index (χ2n) is 1.90. The summed E-state index contributed by atoms with van der Waals surface area (Å²) < 4.78 is 4.54. The van der Waals surface area contributed by atoms with Crippen LogP contribution in [-0.4, -0.2) is 10.9 Å².